The summed E-state index contributed by atoms with van der Waals surface area (Å²) in [6.07, 6.45) is 1.41. The second-order valence-electron chi connectivity index (χ2n) is 6.99. The van der Waals surface area contributed by atoms with Crippen LogP contribution in [0.25, 0.3) is 0 Å². The Morgan fingerprint density at radius 1 is 1.21 bits per heavy atom. The molecule has 1 fully saturated rings. The minimum atomic E-state index is -0.583. The van der Waals surface area contributed by atoms with Gasteiger partial charge in [-0.3, -0.25) is 4.79 Å². The molecule has 1 aromatic heterocycles. The molecule has 2 heterocycles. The lowest BCUT2D eigenvalue weighted by Gasteiger charge is -2.32. The highest BCUT2D eigenvalue weighted by atomic mass is 19.1. The molecule has 1 saturated heterocycles. The number of carbonyl (C=O) groups is 1. The van der Waals surface area contributed by atoms with E-state index in [1.165, 1.54) is 24.5 Å². The number of rotatable bonds is 6. The Morgan fingerprint density at radius 2 is 1.93 bits per heavy atom. The number of hydrogen-bond acceptors (Lipinski definition) is 6. The van der Waals surface area contributed by atoms with Crippen molar-refractivity contribution in [1.82, 2.24) is 19.8 Å². The van der Waals surface area contributed by atoms with Gasteiger partial charge in [-0.25, -0.2) is 18.7 Å². The maximum Gasteiger partial charge on any atom is 0.241 e. The van der Waals surface area contributed by atoms with Crippen molar-refractivity contribution < 1.29 is 13.6 Å². The third kappa shape index (κ3) is 4.36. The lowest BCUT2D eigenvalue weighted by atomic mass is 10.0. The molecule has 1 atom stereocenters. The maximum absolute atomic E-state index is 14.2. The summed E-state index contributed by atoms with van der Waals surface area (Å²) >= 11 is 0. The fourth-order valence-corrected chi connectivity index (χ4v) is 3.14. The molecule has 9 heteroatoms. The molecule has 150 valence electrons. The van der Waals surface area contributed by atoms with Gasteiger partial charge in [0.25, 0.3) is 0 Å². The molecule has 1 aliphatic heterocycles. The van der Waals surface area contributed by atoms with Crippen LogP contribution >= 0.6 is 0 Å². The highest BCUT2D eigenvalue weighted by molar-refractivity contribution is 5.82. The Morgan fingerprint density at radius 3 is 2.57 bits per heavy atom. The molecule has 1 unspecified atom stereocenters. The van der Waals surface area contributed by atoms with E-state index < -0.39 is 17.7 Å². The summed E-state index contributed by atoms with van der Waals surface area (Å²) in [5, 5.41) is 3.13. The smallest absolute Gasteiger partial charge is 0.241 e. The van der Waals surface area contributed by atoms with Gasteiger partial charge in [-0.05, 0) is 26.2 Å². The summed E-state index contributed by atoms with van der Waals surface area (Å²) in [6.45, 7) is 1.82. The number of likely N-dealkylation sites (N-methyl/N-ethyl adjacent to an activating group) is 2. The Bertz CT molecular complexity index is 827. The second-order valence-corrected chi connectivity index (χ2v) is 6.99. The Labute approximate surface area is 163 Å². The summed E-state index contributed by atoms with van der Waals surface area (Å²) in [6, 6.07) is 5.07. The molecule has 0 radical (unpaired) electrons. The van der Waals surface area contributed by atoms with Crippen molar-refractivity contribution in [3.8, 4) is 0 Å². The molecule has 1 N–H and O–H groups in total. The van der Waals surface area contributed by atoms with E-state index >= 15 is 0 Å². The monoisotopic (exact) mass is 390 g/mol. The standard InChI is InChI=1S/C19H24F2N6O/c1-25(2)15(19-13(20)5-4-6-14(19)21)10-22-16-9-17(24-12-23-16)27-8-7-26(3)18(28)11-27/h4-6,9,12,15H,7-8,10-11H2,1-3H3,(H,22,23,24). The number of nitrogens with one attached hydrogen (secondary N) is 1. The third-order valence-corrected chi connectivity index (χ3v) is 4.87. The number of hydrogen-bond donors (Lipinski definition) is 1. The summed E-state index contributed by atoms with van der Waals surface area (Å²) in [7, 11) is 5.30. The Kier molecular flexibility index (Phi) is 6.03. The van der Waals surface area contributed by atoms with Gasteiger partial charge in [-0.15, -0.1) is 0 Å². The van der Waals surface area contributed by atoms with Crippen LogP contribution in [-0.2, 0) is 4.79 Å². The minimum Gasteiger partial charge on any atom is -0.368 e. The van der Waals surface area contributed by atoms with Crippen LogP contribution in [0.3, 0.4) is 0 Å². The van der Waals surface area contributed by atoms with Gasteiger partial charge < -0.3 is 20.0 Å². The molecule has 7 nitrogen and oxygen atoms in total. The topological polar surface area (TPSA) is 64.6 Å². The number of halogens is 2. The predicted molar refractivity (Wildman–Crippen MR) is 103 cm³/mol. The molecule has 3 rings (SSSR count). The molecule has 28 heavy (non-hydrogen) atoms. The largest absolute Gasteiger partial charge is 0.368 e. The second kappa shape index (κ2) is 8.47. The first-order valence-corrected chi connectivity index (χ1v) is 9.02. The highest BCUT2D eigenvalue weighted by Gasteiger charge is 2.24. The molecular formula is C19H24F2N6O. The average Bonchev–Trinajstić information content (AvgIpc) is 2.66. The van der Waals surface area contributed by atoms with E-state index in [2.05, 4.69) is 15.3 Å². The van der Waals surface area contributed by atoms with Gasteiger partial charge >= 0.3 is 0 Å². The van der Waals surface area contributed by atoms with Gasteiger partial charge in [-0.2, -0.15) is 0 Å². The van der Waals surface area contributed by atoms with Crippen LogP contribution < -0.4 is 10.2 Å². The zero-order valence-electron chi connectivity index (χ0n) is 16.2. The summed E-state index contributed by atoms with van der Waals surface area (Å²) in [5.74, 6) is 0.0270. The molecule has 2 aromatic rings. The number of aromatic nitrogens is 2. The van der Waals surface area contributed by atoms with Crippen LogP contribution in [0.4, 0.5) is 20.4 Å². The van der Waals surface area contributed by atoms with Crippen LogP contribution in [0.5, 0.6) is 0 Å². The van der Waals surface area contributed by atoms with E-state index in [0.717, 1.165) is 0 Å². The zero-order valence-corrected chi connectivity index (χ0v) is 16.2. The lowest BCUT2D eigenvalue weighted by molar-refractivity contribution is -0.129. The van der Waals surface area contributed by atoms with Crippen molar-refractivity contribution in [2.45, 2.75) is 6.04 Å². The van der Waals surface area contributed by atoms with Gasteiger partial charge in [0.05, 0.1) is 12.6 Å². The van der Waals surface area contributed by atoms with Crippen molar-refractivity contribution >= 4 is 17.5 Å². The first-order valence-electron chi connectivity index (χ1n) is 9.02. The van der Waals surface area contributed by atoms with Gasteiger partial charge in [-0.1, -0.05) is 6.07 Å². The van der Waals surface area contributed by atoms with Gasteiger partial charge in [0.1, 0.15) is 29.6 Å². The van der Waals surface area contributed by atoms with Gasteiger partial charge in [0, 0.05) is 38.3 Å². The van der Waals surface area contributed by atoms with Crippen LogP contribution in [-0.4, -0.2) is 73.0 Å². The number of nitrogens with zero attached hydrogens (tertiary/aromatic N) is 5. The lowest BCUT2D eigenvalue weighted by Crippen LogP contribution is -2.48. The molecule has 1 aromatic carbocycles. The van der Waals surface area contributed by atoms with Crippen molar-refractivity contribution in [3.05, 3.63) is 47.8 Å². The fraction of sp³-hybridized carbons (Fsp3) is 0.421. The summed E-state index contributed by atoms with van der Waals surface area (Å²) < 4.78 is 28.4. The van der Waals surface area contributed by atoms with Crippen LogP contribution in [0, 0.1) is 11.6 Å². The molecule has 0 aliphatic carbocycles. The van der Waals surface area contributed by atoms with E-state index in [4.69, 9.17) is 0 Å². The molecule has 1 aliphatic rings. The summed E-state index contributed by atoms with van der Waals surface area (Å²) in [5.41, 5.74) is 0.0129. The molecule has 0 saturated carbocycles. The third-order valence-electron chi connectivity index (χ3n) is 4.87. The highest BCUT2D eigenvalue weighted by Crippen LogP contribution is 2.25. The number of carbonyl (C=O) groups excluding carboxylic acids is 1. The van der Waals surface area contributed by atoms with Crippen molar-refractivity contribution in [2.75, 3.05) is 57.5 Å². The molecule has 1 amide bonds. The van der Waals surface area contributed by atoms with E-state index in [0.29, 0.717) is 24.7 Å². The van der Waals surface area contributed by atoms with E-state index in [1.807, 2.05) is 4.90 Å². The van der Waals surface area contributed by atoms with Crippen molar-refractivity contribution in [3.63, 3.8) is 0 Å². The van der Waals surface area contributed by atoms with E-state index in [9.17, 15) is 13.6 Å². The first-order chi connectivity index (χ1) is 13.4. The Hall–Kier alpha value is -2.81. The normalized spacial score (nSPS) is 15.9. The SMILES string of the molecule is CN1CCN(c2cc(NCC(c3c(F)cccc3F)N(C)C)ncn2)CC1=O. The maximum atomic E-state index is 14.2. The quantitative estimate of drug-likeness (QED) is 0.811. The predicted octanol–water partition coefficient (Wildman–Crippen LogP) is 1.75. The minimum absolute atomic E-state index is 0.0129. The molecule has 0 bridgehead atoms. The number of piperazine rings is 1. The number of benzene rings is 1. The van der Waals surface area contributed by atoms with E-state index in [-0.39, 0.29) is 24.6 Å². The van der Waals surface area contributed by atoms with Crippen LogP contribution in [0.1, 0.15) is 11.6 Å². The zero-order chi connectivity index (χ0) is 20.3. The fourth-order valence-electron chi connectivity index (χ4n) is 3.14. The molecule has 0 spiro atoms. The van der Waals surface area contributed by atoms with Crippen molar-refractivity contribution in [2.24, 2.45) is 0 Å². The number of amides is 1. The first kappa shape index (κ1) is 19.9. The van der Waals surface area contributed by atoms with E-state index in [1.54, 1.807) is 37.0 Å². The Balaban J connectivity index is 1.74. The van der Waals surface area contributed by atoms with Crippen LogP contribution in [0.15, 0.2) is 30.6 Å². The molecular weight excluding hydrogens is 366 g/mol. The van der Waals surface area contributed by atoms with Crippen LogP contribution in [0.2, 0.25) is 0 Å². The number of anilines is 2. The van der Waals surface area contributed by atoms with Gasteiger partial charge in [0.2, 0.25) is 5.91 Å². The van der Waals surface area contributed by atoms with Gasteiger partial charge in [0.15, 0.2) is 0 Å². The summed E-state index contributed by atoms with van der Waals surface area (Å²) in [4.78, 5) is 25.7. The van der Waals surface area contributed by atoms with Crippen molar-refractivity contribution in [1.29, 1.82) is 0 Å². The average molecular weight is 390 g/mol.